The third kappa shape index (κ3) is 26.2. The Labute approximate surface area is 155 Å². The van der Waals surface area contributed by atoms with Gasteiger partial charge in [0.25, 0.3) is 0 Å². The van der Waals surface area contributed by atoms with Crippen molar-refractivity contribution in [2.75, 3.05) is 62.7 Å². The van der Waals surface area contributed by atoms with Crippen molar-refractivity contribution >= 4 is 7.05 Å². The third-order valence-corrected chi connectivity index (χ3v) is 6.07. The molecular weight excluding hydrogens is 358 g/mol. The molecule has 0 aliphatic heterocycles. The first-order valence-electron chi connectivity index (χ1n) is 6.80. The summed E-state index contributed by atoms with van der Waals surface area (Å²) in [6.07, 6.45) is 5.78. The molecular formula is C15H39N4PZr. The summed E-state index contributed by atoms with van der Waals surface area (Å²) < 4.78 is 4.51. The predicted molar refractivity (Wildman–Crippen MR) is 101 cm³/mol. The molecule has 1 saturated carbocycles. The van der Waals surface area contributed by atoms with Crippen molar-refractivity contribution in [3.05, 3.63) is 23.4 Å². The molecule has 128 valence electrons. The number of hydrogen-bond donors (Lipinski definition) is 0. The first kappa shape index (κ1) is 33.6. The van der Waals surface area contributed by atoms with E-state index in [1.165, 1.54) is 25.7 Å². The molecule has 0 aromatic carbocycles. The smallest absolute Gasteiger partial charge is 0.668 e. The minimum Gasteiger partial charge on any atom is -0.668 e. The van der Waals surface area contributed by atoms with Crippen LogP contribution >= 0.6 is 7.05 Å². The van der Waals surface area contributed by atoms with E-state index in [-0.39, 0.29) is 33.6 Å². The number of hydrogen-bond acceptors (Lipinski definition) is 1. The summed E-state index contributed by atoms with van der Waals surface area (Å²) in [6.45, 7) is 4.73. The van der Waals surface area contributed by atoms with Crippen LogP contribution in [0.1, 0.15) is 25.7 Å². The van der Waals surface area contributed by atoms with Crippen LogP contribution in [0.3, 0.4) is 0 Å². The van der Waals surface area contributed by atoms with Gasteiger partial charge in [-0.25, -0.2) is 0 Å². The average Bonchev–Trinajstić information content (AvgIpc) is 2.86. The zero-order valence-corrected chi connectivity index (χ0v) is 19.5. The van der Waals surface area contributed by atoms with Gasteiger partial charge in [-0.05, 0) is 38.9 Å². The third-order valence-electron chi connectivity index (χ3n) is 2.73. The van der Waals surface area contributed by atoms with E-state index >= 15 is 0 Å². The summed E-state index contributed by atoms with van der Waals surface area (Å²) in [5.74, 6) is 0. The maximum atomic E-state index is 4.51. The number of rotatable bonds is 1. The van der Waals surface area contributed by atoms with Gasteiger partial charge in [0, 0.05) is 7.05 Å². The Bertz CT molecular complexity index is 197. The SMILES string of the molecule is CN=P(C)(C)C1CCCC1.C[N-]C.C[N-]C.C[N-]C.[CH3-].[Zr+4]. The fraction of sp³-hybridized carbons (Fsp3) is 0.933. The fourth-order valence-corrected chi connectivity index (χ4v) is 3.65. The Kier molecular flexibility index (Phi) is 41.4. The first-order chi connectivity index (χ1) is 8.91. The molecule has 0 amide bonds. The van der Waals surface area contributed by atoms with Crippen LogP contribution in [-0.2, 0) is 26.2 Å². The van der Waals surface area contributed by atoms with Gasteiger partial charge in [-0.1, -0.05) is 12.8 Å². The van der Waals surface area contributed by atoms with Gasteiger partial charge in [-0.2, -0.15) is 42.3 Å². The van der Waals surface area contributed by atoms with E-state index in [4.69, 9.17) is 0 Å². The molecule has 0 heterocycles. The summed E-state index contributed by atoms with van der Waals surface area (Å²) in [5, 5.41) is 10.5. The summed E-state index contributed by atoms with van der Waals surface area (Å²) in [6, 6.07) is 0. The van der Waals surface area contributed by atoms with E-state index < -0.39 is 7.05 Å². The van der Waals surface area contributed by atoms with Crippen LogP contribution < -0.4 is 0 Å². The van der Waals surface area contributed by atoms with Crippen molar-refractivity contribution in [2.45, 2.75) is 31.3 Å². The van der Waals surface area contributed by atoms with E-state index in [0.29, 0.717) is 0 Å². The normalized spacial score (nSPS) is 12.8. The standard InChI is InChI=1S/C8H18NP.3C2H6N.CH3.Zr/c1-9-10(2,3)8-6-4-5-7-8;3*1-3-2;;/h8H,4-7H2,1-3H3;3*1-2H3;1H3;/q;4*-1;+4. The van der Waals surface area contributed by atoms with Gasteiger partial charge in [0.05, 0.1) is 0 Å². The topological polar surface area (TPSA) is 54.7 Å². The molecule has 0 spiro atoms. The molecule has 0 bridgehead atoms. The fourth-order valence-electron chi connectivity index (χ4n) is 1.70. The molecule has 1 rings (SSSR count). The van der Waals surface area contributed by atoms with Gasteiger partial charge in [-0.15, -0.1) is 0 Å². The van der Waals surface area contributed by atoms with Crippen molar-refractivity contribution in [1.82, 2.24) is 0 Å². The Morgan fingerprint density at radius 2 is 1.05 bits per heavy atom. The van der Waals surface area contributed by atoms with Crippen LogP contribution in [-0.4, -0.2) is 68.3 Å². The van der Waals surface area contributed by atoms with Crippen LogP contribution in [0.15, 0.2) is 4.74 Å². The summed E-state index contributed by atoms with van der Waals surface area (Å²) in [4.78, 5) is 0. The van der Waals surface area contributed by atoms with E-state index in [9.17, 15) is 0 Å². The second-order valence-electron chi connectivity index (χ2n) is 4.96. The summed E-state index contributed by atoms with van der Waals surface area (Å²) in [7, 11) is 11.6. The first-order valence-corrected chi connectivity index (χ1v) is 9.50. The predicted octanol–water partition coefficient (Wildman–Crippen LogP) is 5.33. The van der Waals surface area contributed by atoms with Gasteiger partial charge in [0.1, 0.15) is 0 Å². The average molecular weight is 398 g/mol. The minimum atomic E-state index is -0.846. The van der Waals surface area contributed by atoms with Crippen molar-refractivity contribution in [2.24, 2.45) is 4.74 Å². The monoisotopic (exact) mass is 396 g/mol. The van der Waals surface area contributed by atoms with Crippen LogP contribution in [0, 0.1) is 7.43 Å². The Balaban J connectivity index is -0.0000000663. The second-order valence-corrected chi connectivity index (χ2v) is 9.05. The van der Waals surface area contributed by atoms with Crippen molar-refractivity contribution in [3.63, 3.8) is 0 Å². The van der Waals surface area contributed by atoms with Crippen molar-refractivity contribution in [1.29, 1.82) is 0 Å². The summed E-state index contributed by atoms with van der Waals surface area (Å²) in [5.41, 5.74) is 0.970. The van der Waals surface area contributed by atoms with Crippen LogP contribution in [0.2, 0.25) is 0 Å². The molecule has 6 heteroatoms. The maximum absolute atomic E-state index is 4.51. The van der Waals surface area contributed by atoms with Gasteiger partial charge >= 0.3 is 26.2 Å². The molecule has 21 heavy (non-hydrogen) atoms. The van der Waals surface area contributed by atoms with E-state index in [2.05, 4.69) is 34.0 Å². The molecule has 0 aromatic rings. The molecule has 0 unspecified atom stereocenters. The van der Waals surface area contributed by atoms with Crippen LogP contribution in [0.4, 0.5) is 0 Å². The molecule has 0 aromatic heterocycles. The van der Waals surface area contributed by atoms with E-state index in [1.54, 1.807) is 42.3 Å². The zero-order chi connectivity index (χ0) is 15.7. The largest absolute Gasteiger partial charge is 4.00 e. The minimum absolute atomic E-state index is 0. The van der Waals surface area contributed by atoms with Crippen LogP contribution in [0.25, 0.3) is 16.0 Å². The van der Waals surface area contributed by atoms with Crippen molar-refractivity contribution in [3.8, 4) is 0 Å². The molecule has 0 radical (unpaired) electrons. The zero-order valence-electron chi connectivity index (χ0n) is 16.1. The van der Waals surface area contributed by atoms with Crippen LogP contribution in [0.5, 0.6) is 0 Å². The molecule has 0 saturated heterocycles. The molecule has 0 N–H and O–H groups in total. The Morgan fingerprint density at radius 1 is 0.810 bits per heavy atom. The van der Waals surface area contributed by atoms with E-state index in [0.717, 1.165) is 5.66 Å². The van der Waals surface area contributed by atoms with Gasteiger partial charge in [0.2, 0.25) is 0 Å². The molecule has 1 fully saturated rings. The molecule has 1 aliphatic carbocycles. The Morgan fingerprint density at radius 3 is 1.24 bits per heavy atom. The van der Waals surface area contributed by atoms with E-state index in [1.807, 2.05) is 7.05 Å². The second kappa shape index (κ2) is 25.9. The number of nitrogens with zero attached hydrogens (tertiary/aromatic N) is 4. The Hall–Kier alpha value is 0.993. The molecule has 1 aliphatic rings. The molecule has 4 nitrogen and oxygen atoms in total. The van der Waals surface area contributed by atoms with Gasteiger partial charge in [0.15, 0.2) is 0 Å². The quantitative estimate of drug-likeness (QED) is 0.424. The maximum Gasteiger partial charge on any atom is 4.00 e. The summed E-state index contributed by atoms with van der Waals surface area (Å²) >= 11 is 0. The van der Waals surface area contributed by atoms with Crippen molar-refractivity contribution < 1.29 is 26.2 Å². The van der Waals surface area contributed by atoms with Gasteiger partial charge < -0.3 is 28.1 Å². The van der Waals surface area contributed by atoms with Gasteiger partial charge in [-0.3, -0.25) is 0 Å². The molecule has 0 atom stereocenters.